The van der Waals surface area contributed by atoms with Crippen molar-refractivity contribution in [1.29, 1.82) is 0 Å². The molecule has 0 saturated carbocycles. The summed E-state index contributed by atoms with van der Waals surface area (Å²) in [6.07, 6.45) is 2.62. The van der Waals surface area contributed by atoms with Crippen LogP contribution < -0.4 is 15.5 Å². The molecule has 0 unspecified atom stereocenters. The molecule has 1 atom stereocenters. The lowest BCUT2D eigenvalue weighted by Crippen LogP contribution is -2.26. The van der Waals surface area contributed by atoms with Gasteiger partial charge in [0.1, 0.15) is 5.69 Å². The lowest BCUT2D eigenvalue weighted by atomic mass is 10.1. The van der Waals surface area contributed by atoms with E-state index in [9.17, 15) is 9.59 Å². The number of aromatic nitrogens is 1. The summed E-state index contributed by atoms with van der Waals surface area (Å²) >= 11 is 7.27. The highest BCUT2D eigenvalue weighted by Crippen LogP contribution is 2.26. The molecule has 1 saturated heterocycles. The number of anilines is 2. The molecule has 2 heterocycles. The lowest BCUT2D eigenvalue weighted by Gasteiger charge is -2.14. The van der Waals surface area contributed by atoms with Crippen molar-refractivity contribution in [3.05, 3.63) is 40.4 Å². The number of benzene rings is 1. The molecule has 30 heavy (non-hydrogen) atoms. The minimum Gasteiger partial charge on any atom is -0.380 e. The van der Waals surface area contributed by atoms with Crippen LogP contribution in [0.25, 0.3) is 0 Å². The van der Waals surface area contributed by atoms with E-state index in [4.69, 9.17) is 16.3 Å². The Morgan fingerprint density at radius 1 is 1.37 bits per heavy atom. The topological polar surface area (TPSA) is 83.6 Å². The first-order valence-electron chi connectivity index (χ1n) is 10.1. The van der Waals surface area contributed by atoms with Gasteiger partial charge in [0.2, 0.25) is 0 Å². The largest absolute Gasteiger partial charge is 0.380 e. The number of ether oxygens (including phenoxy) is 1. The van der Waals surface area contributed by atoms with Gasteiger partial charge in [-0.05, 0) is 37.0 Å². The van der Waals surface area contributed by atoms with E-state index in [0.29, 0.717) is 35.8 Å². The highest BCUT2D eigenvalue weighted by atomic mass is 35.5. The standard InChI is InChI=1S/C21H27ClN4O3S/c1-3-9-23-19(27)16-11-14(6-8-22)4-5-17(16)24-20(28)18-13-30-21(25-18)26-10-7-15(12-26)29-2/h4-5,11,13,15H,3,6-10,12H2,1-2H3,(H,23,27)(H,24,28)/t15-/m0/s1. The average molecular weight is 451 g/mol. The maximum atomic E-state index is 12.8. The summed E-state index contributed by atoms with van der Waals surface area (Å²) in [5, 5.41) is 8.26. The van der Waals surface area contributed by atoms with E-state index in [2.05, 4.69) is 20.5 Å². The van der Waals surface area contributed by atoms with Crippen molar-refractivity contribution in [2.24, 2.45) is 0 Å². The molecule has 1 aromatic carbocycles. The maximum absolute atomic E-state index is 12.8. The third-order valence-electron chi connectivity index (χ3n) is 4.97. The van der Waals surface area contributed by atoms with Crippen LogP contribution in [0.2, 0.25) is 0 Å². The minimum atomic E-state index is -0.338. The molecule has 9 heteroatoms. The molecule has 162 valence electrons. The monoisotopic (exact) mass is 450 g/mol. The smallest absolute Gasteiger partial charge is 0.275 e. The van der Waals surface area contributed by atoms with E-state index < -0.39 is 0 Å². The van der Waals surface area contributed by atoms with E-state index in [1.54, 1.807) is 24.6 Å². The van der Waals surface area contributed by atoms with Gasteiger partial charge in [0.25, 0.3) is 11.8 Å². The van der Waals surface area contributed by atoms with Crippen molar-refractivity contribution in [3.63, 3.8) is 0 Å². The number of carbonyl (C=O) groups is 2. The molecule has 0 bridgehead atoms. The highest BCUT2D eigenvalue weighted by molar-refractivity contribution is 7.14. The fourth-order valence-corrected chi connectivity index (χ4v) is 4.34. The molecule has 0 spiro atoms. The predicted octanol–water partition coefficient (Wildman–Crippen LogP) is 3.54. The molecule has 0 radical (unpaired) electrons. The molecule has 2 amide bonds. The summed E-state index contributed by atoms with van der Waals surface area (Å²) in [6.45, 7) is 4.19. The summed E-state index contributed by atoms with van der Waals surface area (Å²) in [6, 6.07) is 5.40. The number of aryl methyl sites for hydroxylation is 1. The zero-order valence-corrected chi connectivity index (χ0v) is 18.8. The lowest BCUT2D eigenvalue weighted by molar-refractivity contribution is 0.0954. The fourth-order valence-electron chi connectivity index (χ4n) is 3.28. The molecule has 1 aliphatic rings. The minimum absolute atomic E-state index is 0.196. The Morgan fingerprint density at radius 3 is 2.90 bits per heavy atom. The Morgan fingerprint density at radius 2 is 2.20 bits per heavy atom. The van der Waals surface area contributed by atoms with Crippen LogP contribution in [-0.4, -0.2) is 55.5 Å². The summed E-state index contributed by atoms with van der Waals surface area (Å²) in [7, 11) is 1.71. The van der Waals surface area contributed by atoms with Crippen LogP contribution in [0.4, 0.5) is 10.8 Å². The SMILES string of the molecule is CCCNC(=O)c1cc(CCCl)ccc1NC(=O)c1csc(N2CC[C@H](OC)C2)n1. The van der Waals surface area contributed by atoms with Crippen LogP contribution >= 0.6 is 22.9 Å². The van der Waals surface area contributed by atoms with Gasteiger partial charge in [0, 0.05) is 38.0 Å². The van der Waals surface area contributed by atoms with Crippen molar-refractivity contribution >= 4 is 45.6 Å². The predicted molar refractivity (Wildman–Crippen MR) is 121 cm³/mol. The number of nitrogens with zero attached hydrogens (tertiary/aromatic N) is 2. The maximum Gasteiger partial charge on any atom is 0.275 e. The zero-order valence-electron chi connectivity index (χ0n) is 17.2. The molecular formula is C21H27ClN4O3S. The van der Waals surface area contributed by atoms with E-state index in [-0.39, 0.29) is 17.9 Å². The molecule has 7 nitrogen and oxygen atoms in total. The number of rotatable bonds is 9. The van der Waals surface area contributed by atoms with Crippen molar-refractivity contribution in [2.45, 2.75) is 32.3 Å². The van der Waals surface area contributed by atoms with Gasteiger partial charge in [-0.3, -0.25) is 9.59 Å². The van der Waals surface area contributed by atoms with Gasteiger partial charge in [-0.25, -0.2) is 4.98 Å². The third-order valence-corrected chi connectivity index (χ3v) is 6.06. The molecule has 2 aromatic rings. The van der Waals surface area contributed by atoms with Gasteiger partial charge < -0.3 is 20.3 Å². The van der Waals surface area contributed by atoms with Gasteiger partial charge in [0.05, 0.1) is 17.4 Å². The first-order chi connectivity index (χ1) is 14.5. The van der Waals surface area contributed by atoms with Crippen LogP contribution in [-0.2, 0) is 11.2 Å². The summed E-state index contributed by atoms with van der Waals surface area (Å²) in [5.74, 6) is -0.0936. The van der Waals surface area contributed by atoms with Crippen LogP contribution in [0.1, 0.15) is 46.2 Å². The Bertz CT molecular complexity index is 889. The Hall–Kier alpha value is -2.16. The number of hydrogen-bond donors (Lipinski definition) is 2. The van der Waals surface area contributed by atoms with Gasteiger partial charge in [-0.1, -0.05) is 13.0 Å². The van der Waals surface area contributed by atoms with Crippen molar-refractivity contribution in [2.75, 3.05) is 42.8 Å². The Kier molecular flexibility index (Phi) is 8.07. The molecule has 1 aliphatic heterocycles. The fraction of sp³-hybridized carbons (Fsp3) is 0.476. The Labute approximate surface area is 185 Å². The zero-order chi connectivity index (χ0) is 21.5. The van der Waals surface area contributed by atoms with Crippen molar-refractivity contribution < 1.29 is 14.3 Å². The quantitative estimate of drug-likeness (QED) is 0.571. The molecule has 1 aromatic heterocycles. The first-order valence-corrected chi connectivity index (χ1v) is 11.5. The van der Waals surface area contributed by atoms with Crippen LogP contribution in [0.15, 0.2) is 23.6 Å². The van der Waals surface area contributed by atoms with Crippen LogP contribution in [0.3, 0.4) is 0 Å². The van der Waals surface area contributed by atoms with Crippen LogP contribution in [0, 0.1) is 0 Å². The number of thiazole rings is 1. The molecule has 3 rings (SSSR count). The normalized spacial score (nSPS) is 16.0. The van der Waals surface area contributed by atoms with Gasteiger partial charge >= 0.3 is 0 Å². The van der Waals surface area contributed by atoms with Crippen LogP contribution in [0.5, 0.6) is 0 Å². The van der Waals surface area contributed by atoms with Crippen molar-refractivity contribution in [1.82, 2.24) is 10.3 Å². The van der Waals surface area contributed by atoms with E-state index in [0.717, 1.165) is 36.6 Å². The second-order valence-corrected chi connectivity index (χ2v) is 8.35. The number of halogens is 1. The van der Waals surface area contributed by atoms with E-state index >= 15 is 0 Å². The number of hydrogen-bond acceptors (Lipinski definition) is 6. The number of amides is 2. The molecule has 1 fully saturated rings. The van der Waals surface area contributed by atoms with E-state index in [1.165, 1.54) is 11.3 Å². The molecular weight excluding hydrogens is 424 g/mol. The molecule has 0 aliphatic carbocycles. The van der Waals surface area contributed by atoms with Gasteiger partial charge in [0.15, 0.2) is 5.13 Å². The average Bonchev–Trinajstić information content (AvgIpc) is 3.42. The Balaban J connectivity index is 1.75. The van der Waals surface area contributed by atoms with Crippen molar-refractivity contribution in [3.8, 4) is 0 Å². The summed E-state index contributed by atoms with van der Waals surface area (Å²) in [5.41, 5.74) is 2.17. The number of carbonyl (C=O) groups excluding carboxylic acids is 2. The molecule has 2 N–H and O–H groups in total. The second kappa shape index (κ2) is 10.7. The third kappa shape index (κ3) is 5.50. The summed E-state index contributed by atoms with van der Waals surface area (Å²) in [4.78, 5) is 32.0. The highest BCUT2D eigenvalue weighted by Gasteiger charge is 2.25. The van der Waals surface area contributed by atoms with E-state index in [1.807, 2.05) is 13.0 Å². The number of nitrogens with one attached hydrogen (secondary N) is 2. The van der Waals surface area contributed by atoms with Gasteiger partial charge in [-0.2, -0.15) is 0 Å². The second-order valence-electron chi connectivity index (χ2n) is 7.14. The summed E-state index contributed by atoms with van der Waals surface area (Å²) < 4.78 is 5.40. The first kappa shape index (κ1) is 22.5. The van der Waals surface area contributed by atoms with Gasteiger partial charge in [-0.15, -0.1) is 22.9 Å². The number of methoxy groups -OCH3 is 1. The number of alkyl halides is 1.